The van der Waals surface area contributed by atoms with Gasteiger partial charge in [0, 0.05) is 12.0 Å². The number of rotatable bonds is 2. The number of ether oxygens (including phenoxy) is 4. The van der Waals surface area contributed by atoms with Gasteiger partial charge in [0.05, 0.1) is 37.0 Å². The van der Waals surface area contributed by atoms with Crippen molar-refractivity contribution in [2.45, 2.75) is 110 Å². The first-order chi connectivity index (χ1) is 23.4. The summed E-state index contributed by atoms with van der Waals surface area (Å²) in [4.78, 5) is 52.2. The summed E-state index contributed by atoms with van der Waals surface area (Å²) in [5, 5.41) is 0. The number of hydrogen-bond donors (Lipinski definition) is 0. The molecule has 0 spiro atoms. The van der Waals surface area contributed by atoms with Crippen molar-refractivity contribution in [2.24, 2.45) is 35.0 Å². The summed E-state index contributed by atoms with van der Waals surface area (Å²) in [5.41, 5.74) is -1.70. The Kier molecular flexibility index (Phi) is 9.39. The van der Waals surface area contributed by atoms with Crippen molar-refractivity contribution in [3.05, 3.63) is 36.0 Å². The number of allylic oxidation sites excluding steroid dienone is 2. The average Bonchev–Trinajstić information content (AvgIpc) is 3.58. The Balaban J connectivity index is 1.45. The Labute approximate surface area is 292 Å². The largest absolute Gasteiger partial charge is 0.497 e. The predicted octanol–water partition coefficient (Wildman–Crippen LogP) is 6.64. The van der Waals surface area contributed by atoms with Crippen molar-refractivity contribution in [2.75, 3.05) is 13.7 Å². The summed E-state index contributed by atoms with van der Waals surface area (Å²) < 4.78 is 55.8. The zero-order chi connectivity index (χ0) is 36.3. The molecule has 2 bridgehead atoms. The van der Waals surface area contributed by atoms with Crippen LogP contribution in [0.4, 0.5) is 8.78 Å². The first kappa shape index (κ1) is 36.0. The van der Waals surface area contributed by atoms with Crippen LogP contribution in [-0.2, 0) is 29.8 Å². The second kappa shape index (κ2) is 13.1. The number of aromatic nitrogens is 2. The maximum absolute atomic E-state index is 16.2. The van der Waals surface area contributed by atoms with E-state index in [0.29, 0.717) is 30.4 Å². The van der Waals surface area contributed by atoms with Gasteiger partial charge in [-0.1, -0.05) is 33.8 Å². The van der Waals surface area contributed by atoms with Crippen LogP contribution in [0.15, 0.2) is 30.4 Å². The van der Waals surface area contributed by atoms with Gasteiger partial charge >= 0.3 is 17.9 Å². The van der Waals surface area contributed by atoms with Crippen LogP contribution in [0.5, 0.6) is 11.6 Å². The minimum atomic E-state index is -3.56. The van der Waals surface area contributed by atoms with E-state index in [9.17, 15) is 14.4 Å². The van der Waals surface area contributed by atoms with Crippen molar-refractivity contribution < 1.29 is 42.1 Å². The zero-order valence-electron chi connectivity index (χ0n) is 30.2. The Morgan fingerprint density at radius 1 is 1.00 bits per heavy atom. The van der Waals surface area contributed by atoms with Crippen LogP contribution in [-0.4, -0.2) is 70.2 Å². The quantitative estimate of drug-likeness (QED) is 0.252. The van der Waals surface area contributed by atoms with E-state index in [0.717, 1.165) is 18.9 Å². The van der Waals surface area contributed by atoms with Gasteiger partial charge in [0.15, 0.2) is 5.69 Å². The van der Waals surface area contributed by atoms with Crippen LogP contribution in [0, 0.1) is 35.0 Å². The number of methoxy groups -OCH3 is 1. The van der Waals surface area contributed by atoms with Crippen molar-refractivity contribution in [3.8, 4) is 11.6 Å². The highest BCUT2D eigenvalue weighted by Gasteiger charge is 2.55. The standard InChI is InChI=1S/C38H49F2N3O7/c1-20-29-19-43(31(20)35(46)50-37(5,6)7)34(45)25(36(2,3)4)18-30(44)48-28-16-21-15-24(21)23(28)11-9-10-14-38(39,40)32-33(49-29)42-27-17-22(47-8)12-13-26(27)41-32/h10,12-14,17,20-21,23-25,28-29,31H,9,11,15-16,18-19H2,1-8H3/b14-10+/t20-,21+,23-,24+,25-,28-,29+,31+/m1/s1. The molecule has 50 heavy (non-hydrogen) atoms. The van der Waals surface area contributed by atoms with E-state index in [-0.39, 0.29) is 36.0 Å². The molecule has 0 N–H and O–H groups in total. The van der Waals surface area contributed by atoms with E-state index in [1.165, 1.54) is 18.1 Å². The lowest BCUT2D eigenvalue weighted by molar-refractivity contribution is -0.167. The molecule has 0 radical (unpaired) electrons. The lowest BCUT2D eigenvalue weighted by Crippen LogP contribution is -2.50. The molecule has 8 atom stereocenters. The third-order valence-electron chi connectivity index (χ3n) is 10.7. The summed E-state index contributed by atoms with van der Waals surface area (Å²) in [6.45, 7) is 12.4. The van der Waals surface area contributed by atoms with Gasteiger partial charge in [-0.05, 0) is 87.8 Å². The molecular formula is C38H49F2N3O7. The molecule has 1 aromatic heterocycles. The number of fused-ring (bicyclic) bond motifs is 7. The molecule has 2 aliphatic heterocycles. The normalized spacial score (nSPS) is 32.1. The van der Waals surface area contributed by atoms with E-state index in [1.54, 1.807) is 45.9 Å². The summed E-state index contributed by atoms with van der Waals surface area (Å²) in [7, 11) is 1.49. The van der Waals surface area contributed by atoms with Crippen LogP contribution in [0.2, 0.25) is 0 Å². The molecule has 2 saturated carbocycles. The third kappa shape index (κ3) is 7.30. The molecular weight excluding hydrogens is 648 g/mol. The Morgan fingerprint density at radius 3 is 2.42 bits per heavy atom. The molecule has 272 valence electrons. The maximum Gasteiger partial charge on any atom is 0.329 e. The van der Waals surface area contributed by atoms with Gasteiger partial charge in [0.25, 0.3) is 0 Å². The molecule has 0 unspecified atom stereocenters. The summed E-state index contributed by atoms with van der Waals surface area (Å²) in [6, 6.07) is 3.65. The number of hydrogen-bond acceptors (Lipinski definition) is 9. The first-order valence-electron chi connectivity index (χ1n) is 17.7. The average molecular weight is 698 g/mol. The third-order valence-corrected chi connectivity index (χ3v) is 10.7. The number of carbonyl (C=O) groups is 3. The fourth-order valence-corrected chi connectivity index (χ4v) is 7.92. The Hall–Kier alpha value is -3.83. The second-order valence-corrected chi connectivity index (χ2v) is 16.5. The molecule has 1 amide bonds. The number of amides is 1. The van der Waals surface area contributed by atoms with Crippen LogP contribution < -0.4 is 9.47 Å². The monoisotopic (exact) mass is 697 g/mol. The molecule has 10 nitrogen and oxygen atoms in total. The van der Waals surface area contributed by atoms with Crippen molar-refractivity contribution in [1.29, 1.82) is 0 Å². The van der Waals surface area contributed by atoms with Crippen LogP contribution in [0.3, 0.4) is 0 Å². The number of nitrogens with zero attached hydrogens (tertiary/aromatic N) is 3. The van der Waals surface area contributed by atoms with Gasteiger partial charge < -0.3 is 23.8 Å². The molecule has 2 aliphatic carbocycles. The molecule has 6 rings (SSSR count). The van der Waals surface area contributed by atoms with E-state index < -0.39 is 70.3 Å². The predicted molar refractivity (Wildman–Crippen MR) is 180 cm³/mol. The molecule has 12 heteroatoms. The maximum atomic E-state index is 16.2. The highest BCUT2D eigenvalue weighted by molar-refractivity contribution is 5.89. The lowest BCUT2D eigenvalue weighted by Gasteiger charge is -2.35. The van der Waals surface area contributed by atoms with Crippen LogP contribution >= 0.6 is 0 Å². The molecule has 4 aliphatic rings. The van der Waals surface area contributed by atoms with Crippen LogP contribution in [0.1, 0.15) is 86.3 Å². The molecule has 3 heterocycles. The molecule has 1 aromatic carbocycles. The molecule has 3 fully saturated rings. The van der Waals surface area contributed by atoms with Crippen LogP contribution in [0.25, 0.3) is 11.0 Å². The van der Waals surface area contributed by atoms with Gasteiger partial charge in [0.1, 0.15) is 29.6 Å². The SMILES string of the molecule is COc1ccc2nc3c(nc2c1)O[C@H]1CN(C(=O)[C@H](C(C)(C)C)CC(=O)O[C@@H]2C[C@@H]4C[C@@H]4[C@H]2CC/C=C/C3(F)F)[C@H](C(=O)OC(C)(C)C)[C@@H]1C. The smallest absolute Gasteiger partial charge is 0.329 e. The van der Waals surface area contributed by atoms with E-state index in [2.05, 4.69) is 9.97 Å². The van der Waals surface area contributed by atoms with Gasteiger partial charge in [-0.3, -0.25) is 9.59 Å². The van der Waals surface area contributed by atoms with E-state index in [1.807, 2.05) is 20.8 Å². The Morgan fingerprint density at radius 2 is 1.74 bits per heavy atom. The topological polar surface area (TPSA) is 117 Å². The van der Waals surface area contributed by atoms with Crippen molar-refractivity contribution >= 4 is 28.9 Å². The van der Waals surface area contributed by atoms with E-state index >= 15 is 8.78 Å². The number of benzene rings is 1. The highest BCUT2D eigenvalue weighted by Crippen LogP contribution is 2.58. The van der Waals surface area contributed by atoms with E-state index in [4.69, 9.17) is 18.9 Å². The molecule has 2 aromatic rings. The summed E-state index contributed by atoms with van der Waals surface area (Å²) in [5.74, 6) is -5.69. The lowest BCUT2D eigenvalue weighted by atomic mass is 9.77. The first-order valence-corrected chi connectivity index (χ1v) is 17.7. The number of esters is 2. The molecule has 1 saturated heterocycles. The number of carbonyl (C=O) groups excluding carboxylic acids is 3. The second-order valence-electron chi connectivity index (χ2n) is 16.5. The fourth-order valence-electron chi connectivity index (χ4n) is 7.92. The summed E-state index contributed by atoms with van der Waals surface area (Å²) in [6.07, 6.45) is 3.58. The van der Waals surface area contributed by atoms with Gasteiger partial charge in [-0.2, -0.15) is 8.78 Å². The summed E-state index contributed by atoms with van der Waals surface area (Å²) >= 11 is 0. The van der Waals surface area contributed by atoms with Crippen molar-refractivity contribution in [1.82, 2.24) is 14.9 Å². The van der Waals surface area contributed by atoms with Crippen molar-refractivity contribution in [3.63, 3.8) is 0 Å². The zero-order valence-corrected chi connectivity index (χ0v) is 30.2. The minimum Gasteiger partial charge on any atom is -0.497 e. The minimum absolute atomic E-state index is 0.0518. The highest BCUT2D eigenvalue weighted by atomic mass is 19.3. The fraction of sp³-hybridized carbons (Fsp3) is 0.658. The van der Waals surface area contributed by atoms with Gasteiger partial charge in [-0.25, -0.2) is 14.8 Å². The van der Waals surface area contributed by atoms with Gasteiger partial charge in [0.2, 0.25) is 11.8 Å². The number of halogens is 2. The Bertz CT molecular complexity index is 1680. The number of alkyl halides is 2. The van der Waals surface area contributed by atoms with Gasteiger partial charge in [-0.15, -0.1) is 0 Å².